The van der Waals surface area contributed by atoms with Crippen molar-refractivity contribution in [3.8, 4) is 0 Å². The van der Waals surface area contributed by atoms with Crippen molar-refractivity contribution in [1.29, 1.82) is 0 Å². The van der Waals surface area contributed by atoms with Crippen LogP contribution in [0.3, 0.4) is 0 Å². The van der Waals surface area contributed by atoms with Crippen LogP contribution in [-0.2, 0) is 19.1 Å². The van der Waals surface area contributed by atoms with Gasteiger partial charge < -0.3 is 14.6 Å². The topological polar surface area (TPSA) is 72.8 Å². The number of esters is 2. The highest BCUT2D eigenvalue weighted by Crippen LogP contribution is 2.20. The van der Waals surface area contributed by atoms with Gasteiger partial charge in [-0.3, -0.25) is 9.59 Å². The normalized spacial score (nSPS) is 12.6. The fourth-order valence-corrected chi connectivity index (χ4v) is 12.6. The minimum atomic E-state index is -0.774. The van der Waals surface area contributed by atoms with Crippen molar-refractivity contribution in [3.63, 3.8) is 0 Å². The number of aliphatic hydroxyl groups is 1. The lowest BCUT2D eigenvalue weighted by Gasteiger charge is -2.15. The van der Waals surface area contributed by atoms with Gasteiger partial charge >= 0.3 is 11.9 Å². The van der Waals surface area contributed by atoms with Gasteiger partial charge in [0.05, 0.1) is 6.61 Å². The second-order valence-electron chi connectivity index (χ2n) is 27.8. The molecule has 1 atom stereocenters. The molecule has 92 heavy (non-hydrogen) atoms. The standard InChI is InChI=1S/C87H158O5/c1-3-5-7-9-11-13-15-17-19-21-23-25-27-29-31-33-35-37-39-41-42-43-44-46-47-49-51-53-55-57-59-61-63-65-67-69-71-73-75-77-79-81-86(89)91-84-85(83-88)92-87(90)82-80-78-76-74-72-70-68-66-64-62-60-58-56-54-52-50-48-45-40-38-36-34-32-30-28-26-24-22-20-18-16-14-12-10-8-6-4-2/h6,8,12,14,18,20-21,23-24,26,30,32,36,38,85,88H,3-5,7,9-11,13,15-17,19,22,25,27-29,31,33-35,37,39-84H2,1-2H3/b8-6-,14-12-,20-18-,23-21-,26-24-,32-30-,38-36-. The molecule has 0 aromatic carbocycles. The Labute approximate surface area is 575 Å². The van der Waals surface area contributed by atoms with Crippen LogP contribution in [-0.4, -0.2) is 36.4 Å². The Morgan fingerprint density at radius 2 is 0.467 bits per heavy atom. The summed E-state index contributed by atoms with van der Waals surface area (Å²) in [5, 5.41) is 9.73. The summed E-state index contributed by atoms with van der Waals surface area (Å²) in [6.45, 7) is 4.08. The lowest BCUT2D eigenvalue weighted by Crippen LogP contribution is -2.28. The van der Waals surface area contributed by atoms with E-state index >= 15 is 0 Å². The van der Waals surface area contributed by atoms with Crippen molar-refractivity contribution >= 4 is 11.9 Å². The predicted octanol–water partition coefficient (Wildman–Crippen LogP) is 29.1. The first-order valence-corrected chi connectivity index (χ1v) is 41.1. The van der Waals surface area contributed by atoms with E-state index < -0.39 is 6.10 Å². The summed E-state index contributed by atoms with van der Waals surface area (Å²) in [7, 11) is 0. The van der Waals surface area contributed by atoms with Crippen molar-refractivity contribution in [3.05, 3.63) is 85.1 Å². The minimum absolute atomic E-state index is 0.0617. The summed E-state index contributed by atoms with van der Waals surface area (Å²) in [5.41, 5.74) is 0. The zero-order chi connectivity index (χ0) is 66.1. The molecular formula is C87H158O5. The van der Waals surface area contributed by atoms with Crippen molar-refractivity contribution in [1.82, 2.24) is 0 Å². The Bertz CT molecular complexity index is 1650. The number of unbranched alkanes of at least 4 members (excludes halogenated alkanes) is 55. The van der Waals surface area contributed by atoms with Crippen LogP contribution < -0.4 is 0 Å². The SMILES string of the molecule is CC/C=C\C/C=C\C/C=C\C/C=C\C/C=C\C/C=C\CCCCCCCCCCCCCCCCCCCCC(=O)OC(CO)COC(=O)CCCCCCCCCCCCCCCCCCCCCCCCCCCCCCC/C=C\CCCCCCCCCC. The molecule has 0 aromatic heterocycles. The van der Waals surface area contributed by atoms with Crippen LogP contribution in [0.2, 0.25) is 0 Å². The fourth-order valence-electron chi connectivity index (χ4n) is 12.6. The van der Waals surface area contributed by atoms with Crippen LogP contribution in [0.15, 0.2) is 85.1 Å². The number of rotatable bonds is 77. The molecule has 0 aliphatic rings. The van der Waals surface area contributed by atoms with Gasteiger partial charge in [-0.15, -0.1) is 0 Å². The number of ether oxygens (including phenoxy) is 2. The molecule has 1 unspecified atom stereocenters. The Morgan fingerprint density at radius 1 is 0.261 bits per heavy atom. The quantitative estimate of drug-likeness (QED) is 0.0373. The highest BCUT2D eigenvalue weighted by Gasteiger charge is 2.16. The average molecular weight is 1280 g/mol. The van der Waals surface area contributed by atoms with E-state index in [0.717, 1.165) is 77.0 Å². The van der Waals surface area contributed by atoms with E-state index in [1.165, 1.54) is 334 Å². The van der Waals surface area contributed by atoms with Crippen molar-refractivity contribution in [2.24, 2.45) is 0 Å². The van der Waals surface area contributed by atoms with E-state index in [1.807, 2.05) is 0 Å². The highest BCUT2D eigenvalue weighted by molar-refractivity contribution is 5.70. The van der Waals surface area contributed by atoms with E-state index in [9.17, 15) is 14.7 Å². The maximum absolute atomic E-state index is 12.4. The first-order chi connectivity index (χ1) is 45.6. The summed E-state index contributed by atoms with van der Waals surface area (Å²) in [6, 6.07) is 0. The third-order valence-electron chi connectivity index (χ3n) is 18.7. The zero-order valence-electron chi connectivity index (χ0n) is 61.8. The molecule has 0 fully saturated rings. The molecule has 0 radical (unpaired) electrons. The van der Waals surface area contributed by atoms with Gasteiger partial charge in [0.2, 0.25) is 0 Å². The van der Waals surface area contributed by atoms with Crippen LogP contribution in [0, 0.1) is 0 Å². The molecular weight excluding hydrogens is 1120 g/mol. The molecule has 5 heteroatoms. The summed E-state index contributed by atoms with van der Waals surface area (Å²) in [4.78, 5) is 24.7. The molecule has 0 rings (SSSR count). The number of hydrogen-bond acceptors (Lipinski definition) is 5. The zero-order valence-corrected chi connectivity index (χ0v) is 61.8. The number of allylic oxidation sites excluding steroid dienone is 14. The minimum Gasteiger partial charge on any atom is -0.462 e. The van der Waals surface area contributed by atoms with Gasteiger partial charge in [0.15, 0.2) is 6.10 Å². The molecule has 1 N–H and O–H groups in total. The first-order valence-electron chi connectivity index (χ1n) is 41.1. The smallest absolute Gasteiger partial charge is 0.306 e. The molecule has 0 saturated carbocycles. The van der Waals surface area contributed by atoms with E-state index in [2.05, 4.69) is 98.9 Å². The van der Waals surface area contributed by atoms with Crippen LogP contribution in [0.25, 0.3) is 0 Å². The van der Waals surface area contributed by atoms with Crippen molar-refractivity contribution < 1.29 is 24.2 Å². The fraction of sp³-hybridized carbons (Fsp3) is 0.816. The summed E-state index contributed by atoms with van der Waals surface area (Å²) in [5.74, 6) is -0.568. The number of carbonyl (C=O) groups excluding carboxylic acids is 2. The van der Waals surface area contributed by atoms with Gasteiger partial charge in [0.1, 0.15) is 6.61 Å². The lowest BCUT2D eigenvalue weighted by atomic mass is 10.0. The largest absolute Gasteiger partial charge is 0.462 e. The monoisotopic (exact) mass is 1280 g/mol. The Balaban J connectivity index is 3.38. The van der Waals surface area contributed by atoms with Crippen LogP contribution >= 0.6 is 0 Å². The van der Waals surface area contributed by atoms with E-state index in [0.29, 0.717) is 12.8 Å². The second kappa shape index (κ2) is 82.3. The number of hydrogen-bond donors (Lipinski definition) is 1. The molecule has 0 saturated heterocycles. The molecule has 536 valence electrons. The predicted molar refractivity (Wildman–Crippen MR) is 408 cm³/mol. The summed E-state index contributed by atoms with van der Waals surface area (Å²) in [6.07, 6.45) is 117. The van der Waals surface area contributed by atoms with Gasteiger partial charge in [-0.25, -0.2) is 0 Å². The van der Waals surface area contributed by atoms with E-state index in [-0.39, 0.29) is 25.2 Å². The maximum atomic E-state index is 12.4. The second-order valence-corrected chi connectivity index (χ2v) is 27.8. The lowest BCUT2D eigenvalue weighted by molar-refractivity contribution is -0.161. The molecule has 0 heterocycles. The molecule has 0 aliphatic heterocycles. The molecule has 0 spiro atoms. The Kier molecular flexibility index (Phi) is 79.7. The van der Waals surface area contributed by atoms with Crippen LogP contribution in [0.1, 0.15) is 438 Å². The highest BCUT2D eigenvalue weighted by atomic mass is 16.6. The van der Waals surface area contributed by atoms with Gasteiger partial charge in [-0.1, -0.05) is 420 Å². The van der Waals surface area contributed by atoms with Crippen LogP contribution in [0.5, 0.6) is 0 Å². The number of aliphatic hydroxyl groups excluding tert-OH is 1. The first kappa shape index (κ1) is 89.1. The Morgan fingerprint density at radius 3 is 0.717 bits per heavy atom. The van der Waals surface area contributed by atoms with Gasteiger partial charge in [0, 0.05) is 12.8 Å². The maximum Gasteiger partial charge on any atom is 0.306 e. The molecule has 5 nitrogen and oxygen atoms in total. The van der Waals surface area contributed by atoms with Gasteiger partial charge in [-0.2, -0.15) is 0 Å². The molecule has 0 amide bonds. The number of carbonyl (C=O) groups is 2. The van der Waals surface area contributed by atoms with Crippen LogP contribution in [0.4, 0.5) is 0 Å². The van der Waals surface area contributed by atoms with Gasteiger partial charge in [-0.05, 0) is 89.9 Å². The van der Waals surface area contributed by atoms with E-state index in [1.54, 1.807) is 0 Å². The summed E-state index contributed by atoms with van der Waals surface area (Å²) >= 11 is 0. The molecule has 0 bridgehead atoms. The third-order valence-corrected chi connectivity index (χ3v) is 18.7. The summed E-state index contributed by atoms with van der Waals surface area (Å²) < 4.78 is 10.8. The molecule has 0 aromatic rings. The third kappa shape index (κ3) is 79.5. The molecule has 0 aliphatic carbocycles. The Hall–Kier alpha value is -2.92. The van der Waals surface area contributed by atoms with Gasteiger partial charge in [0.25, 0.3) is 0 Å². The average Bonchev–Trinajstić information content (AvgIpc) is 3.70. The van der Waals surface area contributed by atoms with Crippen molar-refractivity contribution in [2.75, 3.05) is 13.2 Å². The van der Waals surface area contributed by atoms with Crippen molar-refractivity contribution in [2.45, 2.75) is 444 Å². The van der Waals surface area contributed by atoms with E-state index in [4.69, 9.17) is 9.47 Å².